The molecule has 0 saturated heterocycles. The fourth-order valence-electron chi connectivity index (χ4n) is 2.14. The van der Waals surface area contributed by atoms with Gasteiger partial charge in [-0.25, -0.2) is 4.79 Å². The van der Waals surface area contributed by atoms with Gasteiger partial charge in [-0.1, -0.05) is 49.7 Å². The topological polar surface area (TPSA) is 94.3 Å². The fraction of sp³-hybridized carbons (Fsp3) is 0.412. The van der Waals surface area contributed by atoms with Crippen molar-refractivity contribution in [1.82, 2.24) is 15.5 Å². The molecule has 0 unspecified atom stereocenters. The average Bonchev–Trinajstić information content (AvgIpc) is 3.12. The van der Waals surface area contributed by atoms with Crippen molar-refractivity contribution in [3.05, 3.63) is 29.3 Å². The smallest absolute Gasteiger partial charge is 0.328 e. The molecule has 1 amide bonds. The molecule has 140 valence electrons. The first kappa shape index (κ1) is 20.3. The van der Waals surface area contributed by atoms with E-state index in [1.807, 2.05) is 13.8 Å². The number of rotatable bonds is 8. The number of nitrogens with zero attached hydrogens (tertiary/aromatic N) is 2. The molecular formula is C17H20ClN3O4S. The van der Waals surface area contributed by atoms with Gasteiger partial charge in [-0.2, -0.15) is 0 Å². The molecule has 0 fully saturated rings. The lowest BCUT2D eigenvalue weighted by Gasteiger charge is -2.21. The van der Waals surface area contributed by atoms with Gasteiger partial charge in [0.1, 0.15) is 6.04 Å². The Balaban J connectivity index is 1.94. The normalized spacial score (nSPS) is 13.1. The van der Waals surface area contributed by atoms with Gasteiger partial charge in [-0.15, -0.1) is 10.2 Å². The van der Waals surface area contributed by atoms with Crippen molar-refractivity contribution in [1.29, 1.82) is 0 Å². The molecule has 2 rings (SSSR count). The molecule has 2 atom stereocenters. The minimum atomic E-state index is -0.678. The van der Waals surface area contributed by atoms with Crippen LogP contribution in [0.3, 0.4) is 0 Å². The summed E-state index contributed by atoms with van der Waals surface area (Å²) in [6, 6.07) is 6.36. The number of carbonyl (C=O) groups excluding carboxylic acids is 2. The highest BCUT2D eigenvalue weighted by Gasteiger charge is 2.26. The lowest BCUT2D eigenvalue weighted by Crippen LogP contribution is -2.46. The Labute approximate surface area is 160 Å². The molecule has 7 nitrogen and oxygen atoms in total. The molecule has 1 heterocycles. The summed E-state index contributed by atoms with van der Waals surface area (Å²) in [4.78, 5) is 24.0. The van der Waals surface area contributed by atoms with E-state index in [2.05, 4.69) is 15.5 Å². The van der Waals surface area contributed by atoms with Gasteiger partial charge in [-0.3, -0.25) is 4.79 Å². The van der Waals surface area contributed by atoms with Crippen LogP contribution in [0.25, 0.3) is 11.5 Å². The Morgan fingerprint density at radius 3 is 2.81 bits per heavy atom. The van der Waals surface area contributed by atoms with E-state index < -0.39 is 12.0 Å². The molecule has 1 aromatic heterocycles. The molecule has 1 N–H and O–H groups in total. The van der Waals surface area contributed by atoms with Crippen LogP contribution in [0.15, 0.2) is 33.9 Å². The molecule has 0 aliphatic carbocycles. The molecule has 0 spiro atoms. The van der Waals surface area contributed by atoms with E-state index in [9.17, 15) is 9.59 Å². The monoisotopic (exact) mass is 397 g/mol. The van der Waals surface area contributed by atoms with Crippen molar-refractivity contribution in [2.24, 2.45) is 5.92 Å². The van der Waals surface area contributed by atoms with Gasteiger partial charge in [0.05, 0.1) is 12.9 Å². The number of halogens is 1. The minimum Gasteiger partial charge on any atom is -0.467 e. The van der Waals surface area contributed by atoms with Crippen LogP contribution in [0.4, 0.5) is 0 Å². The minimum absolute atomic E-state index is 0.0331. The number of hydrogen-bond acceptors (Lipinski definition) is 7. The Hall–Kier alpha value is -2.06. The largest absolute Gasteiger partial charge is 0.467 e. The Morgan fingerprint density at radius 1 is 1.38 bits per heavy atom. The summed E-state index contributed by atoms with van der Waals surface area (Å²) in [5.74, 6) is -0.440. The van der Waals surface area contributed by atoms with E-state index in [1.54, 1.807) is 24.3 Å². The zero-order chi connectivity index (χ0) is 19.1. The van der Waals surface area contributed by atoms with Gasteiger partial charge in [0, 0.05) is 10.6 Å². The Morgan fingerprint density at radius 2 is 2.15 bits per heavy atom. The first-order chi connectivity index (χ1) is 12.4. The first-order valence-electron chi connectivity index (χ1n) is 8.04. The Kier molecular flexibility index (Phi) is 7.47. The SMILES string of the molecule is CC[C@H](C)[C@H](NC(=O)CSc1nnc(-c2cccc(Cl)c2)o1)C(=O)OC. The number of ether oxygens (including phenoxy) is 1. The molecule has 2 aromatic rings. The molecule has 0 radical (unpaired) electrons. The second kappa shape index (κ2) is 9.59. The molecule has 0 bridgehead atoms. The van der Waals surface area contributed by atoms with E-state index in [4.69, 9.17) is 20.8 Å². The van der Waals surface area contributed by atoms with Gasteiger partial charge < -0.3 is 14.5 Å². The second-order valence-corrected chi connectivity index (χ2v) is 6.99. The van der Waals surface area contributed by atoms with Gasteiger partial charge in [-0.05, 0) is 24.1 Å². The van der Waals surface area contributed by atoms with Crippen LogP contribution in [-0.2, 0) is 14.3 Å². The molecular weight excluding hydrogens is 378 g/mol. The van der Waals surface area contributed by atoms with E-state index in [0.717, 1.165) is 18.2 Å². The molecule has 0 saturated carbocycles. The van der Waals surface area contributed by atoms with Gasteiger partial charge in [0.15, 0.2) is 0 Å². The number of methoxy groups -OCH3 is 1. The highest BCUT2D eigenvalue weighted by Crippen LogP contribution is 2.25. The zero-order valence-corrected chi connectivity index (χ0v) is 16.3. The number of thioether (sulfide) groups is 1. The van der Waals surface area contributed by atoms with Crippen molar-refractivity contribution in [3.8, 4) is 11.5 Å². The molecule has 0 aliphatic heterocycles. The van der Waals surface area contributed by atoms with Crippen LogP contribution >= 0.6 is 23.4 Å². The van der Waals surface area contributed by atoms with Crippen LogP contribution in [0, 0.1) is 5.92 Å². The summed E-state index contributed by atoms with van der Waals surface area (Å²) in [6.07, 6.45) is 0.736. The van der Waals surface area contributed by atoms with Crippen molar-refractivity contribution >= 4 is 35.2 Å². The van der Waals surface area contributed by atoms with Crippen LogP contribution in [0.2, 0.25) is 5.02 Å². The van der Waals surface area contributed by atoms with E-state index in [1.165, 1.54) is 7.11 Å². The molecule has 1 aromatic carbocycles. The number of nitrogens with one attached hydrogen (secondary N) is 1. The van der Waals surface area contributed by atoms with Crippen molar-refractivity contribution in [2.45, 2.75) is 31.5 Å². The number of amides is 1. The molecule has 0 aliphatic rings. The first-order valence-corrected chi connectivity index (χ1v) is 9.40. The summed E-state index contributed by atoms with van der Waals surface area (Å²) in [6.45, 7) is 3.82. The van der Waals surface area contributed by atoms with E-state index in [-0.39, 0.29) is 22.8 Å². The van der Waals surface area contributed by atoms with Gasteiger partial charge >= 0.3 is 5.97 Å². The number of benzene rings is 1. The van der Waals surface area contributed by atoms with Gasteiger partial charge in [0.2, 0.25) is 11.8 Å². The maximum absolute atomic E-state index is 12.1. The zero-order valence-electron chi connectivity index (χ0n) is 14.7. The maximum Gasteiger partial charge on any atom is 0.328 e. The summed E-state index contributed by atoms with van der Waals surface area (Å²) in [7, 11) is 1.30. The lowest BCUT2D eigenvalue weighted by atomic mass is 9.99. The quantitative estimate of drug-likeness (QED) is 0.539. The third-order valence-electron chi connectivity index (χ3n) is 3.79. The average molecular weight is 398 g/mol. The van der Waals surface area contributed by atoms with Crippen LogP contribution in [0.5, 0.6) is 0 Å². The number of carbonyl (C=O) groups is 2. The summed E-state index contributed by atoms with van der Waals surface area (Å²) < 4.78 is 10.3. The van der Waals surface area contributed by atoms with Crippen molar-refractivity contribution in [3.63, 3.8) is 0 Å². The van der Waals surface area contributed by atoms with Crippen LogP contribution in [0.1, 0.15) is 20.3 Å². The molecule has 9 heteroatoms. The summed E-state index contributed by atoms with van der Waals surface area (Å²) in [5, 5.41) is 11.4. The Bertz CT molecular complexity index is 768. The third-order valence-corrected chi connectivity index (χ3v) is 4.84. The van der Waals surface area contributed by atoms with Crippen molar-refractivity contribution in [2.75, 3.05) is 12.9 Å². The predicted octanol–water partition coefficient (Wildman–Crippen LogP) is 3.19. The standard InChI is InChI=1S/C17H20ClN3O4S/c1-4-10(2)14(16(23)24-3)19-13(22)9-26-17-21-20-15(25-17)11-6-5-7-12(18)8-11/h5-8,10,14H,4,9H2,1-3H3,(H,19,22)/t10-,14-/m0/s1. The van der Waals surface area contributed by atoms with Gasteiger partial charge in [0.25, 0.3) is 5.22 Å². The highest BCUT2D eigenvalue weighted by atomic mass is 35.5. The summed E-state index contributed by atoms with van der Waals surface area (Å²) in [5.41, 5.74) is 0.698. The van der Waals surface area contributed by atoms with Crippen LogP contribution < -0.4 is 5.32 Å². The number of hydrogen-bond donors (Lipinski definition) is 1. The number of aromatic nitrogens is 2. The number of esters is 1. The maximum atomic E-state index is 12.1. The van der Waals surface area contributed by atoms with Crippen LogP contribution in [-0.4, -0.2) is 41.0 Å². The summed E-state index contributed by atoms with van der Waals surface area (Å²) >= 11 is 7.03. The van der Waals surface area contributed by atoms with E-state index in [0.29, 0.717) is 16.5 Å². The van der Waals surface area contributed by atoms with Crippen molar-refractivity contribution < 1.29 is 18.7 Å². The predicted molar refractivity (Wildman–Crippen MR) is 98.9 cm³/mol. The third kappa shape index (κ3) is 5.47. The second-order valence-electron chi connectivity index (χ2n) is 5.63. The molecule has 26 heavy (non-hydrogen) atoms. The lowest BCUT2D eigenvalue weighted by molar-refractivity contribution is -0.146. The van der Waals surface area contributed by atoms with E-state index >= 15 is 0 Å². The highest BCUT2D eigenvalue weighted by molar-refractivity contribution is 7.99. The fourth-order valence-corrected chi connectivity index (χ4v) is 2.91.